The third-order valence-corrected chi connectivity index (χ3v) is 3.82. The fraction of sp³-hybridized carbons (Fsp3) is 0.150. The highest BCUT2D eigenvalue weighted by Gasteiger charge is 2.34. The lowest BCUT2D eigenvalue weighted by Gasteiger charge is -2.12. The molecule has 1 aliphatic rings. The molecule has 1 saturated heterocycles. The number of carbonyl (C=O) groups excluding carboxylic acids is 3. The summed E-state index contributed by atoms with van der Waals surface area (Å²) < 4.78 is 5.34. The van der Waals surface area contributed by atoms with Gasteiger partial charge in [0.1, 0.15) is 18.0 Å². The number of hydrogen-bond donors (Lipinski definition) is 2. The summed E-state index contributed by atoms with van der Waals surface area (Å²) in [6.07, 6.45) is 1.57. The number of ether oxygens (including phenoxy) is 1. The summed E-state index contributed by atoms with van der Waals surface area (Å²) in [5, 5.41) is 5.15. The van der Waals surface area contributed by atoms with Gasteiger partial charge in [-0.05, 0) is 42.8 Å². The number of rotatable bonds is 6. The molecule has 0 aromatic heterocycles. The minimum absolute atomic E-state index is 0.139. The van der Waals surface area contributed by atoms with Crippen LogP contribution in [0.4, 0.5) is 10.5 Å². The van der Waals surface area contributed by atoms with Gasteiger partial charge >= 0.3 is 6.03 Å². The van der Waals surface area contributed by atoms with Gasteiger partial charge in [0, 0.05) is 5.69 Å². The first-order chi connectivity index (χ1) is 13.1. The van der Waals surface area contributed by atoms with Crippen LogP contribution in [0.1, 0.15) is 12.5 Å². The van der Waals surface area contributed by atoms with Gasteiger partial charge in [-0.15, -0.1) is 0 Å². The van der Waals surface area contributed by atoms with E-state index in [-0.39, 0.29) is 12.2 Å². The van der Waals surface area contributed by atoms with Crippen molar-refractivity contribution in [2.24, 2.45) is 0 Å². The third kappa shape index (κ3) is 4.52. The summed E-state index contributed by atoms with van der Waals surface area (Å²) in [5.41, 5.74) is 1.47. The van der Waals surface area contributed by atoms with E-state index in [9.17, 15) is 14.4 Å². The van der Waals surface area contributed by atoms with Gasteiger partial charge in [-0.2, -0.15) is 0 Å². The van der Waals surface area contributed by atoms with Crippen LogP contribution >= 0.6 is 0 Å². The Kier molecular flexibility index (Phi) is 5.51. The summed E-state index contributed by atoms with van der Waals surface area (Å²) in [6.45, 7) is 2.06. The number of nitrogens with one attached hydrogen (secondary N) is 2. The van der Waals surface area contributed by atoms with E-state index in [2.05, 4.69) is 10.6 Å². The summed E-state index contributed by atoms with van der Waals surface area (Å²) in [6, 6.07) is 15.4. The van der Waals surface area contributed by atoms with Crippen molar-refractivity contribution in [1.82, 2.24) is 10.2 Å². The maximum atomic E-state index is 12.4. The summed E-state index contributed by atoms with van der Waals surface area (Å²) >= 11 is 0. The molecule has 1 heterocycles. The van der Waals surface area contributed by atoms with Crippen molar-refractivity contribution in [1.29, 1.82) is 0 Å². The molecule has 2 N–H and O–H groups in total. The van der Waals surface area contributed by atoms with Crippen LogP contribution in [-0.4, -0.2) is 35.9 Å². The number of amides is 4. The highest BCUT2D eigenvalue weighted by molar-refractivity contribution is 6.15. The van der Waals surface area contributed by atoms with Gasteiger partial charge in [-0.25, -0.2) is 9.69 Å². The number of carbonyl (C=O) groups is 3. The molecule has 1 aliphatic heterocycles. The first kappa shape index (κ1) is 18.2. The number of urea groups is 1. The van der Waals surface area contributed by atoms with Crippen LogP contribution in [0.25, 0.3) is 6.08 Å². The predicted octanol–water partition coefficient (Wildman–Crippen LogP) is 2.62. The Morgan fingerprint density at radius 2 is 1.81 bits per heavy atom. The number of imide groups is 1. The van der Waals surface area contributed by atoms with Gasteiger partial charge in [0.25, 0.3) is 5.91 Å². The Balaban J connectivity index is 1.63. The lowest BCUT2D eigenvalue weighted by atomic mass is 10.2. The van der Waals surface area contributed by atoms with Crippen molar-refractivity contribution in [3.05, 3.63) is 65.9 Å². The standard InChI is InChI=1S/C20H19N3O4/c1-2-27-16-10-8-15(9-11-16)21-18(24)13-23-19(25)17(22-20(23)26)12-14-6-4-3-5-7-14/h3-12H,2,13H2,1H3,(H,21,24)(H,22,26)/b17-12-. The van der Waals surface area contributed by atoms with Gasteiger partial charge < -0.3 is 15.4 Å². The van der Waals surface area contributed by atoms with Gasteiger partial charge in [-0.3, -0.25) is 9.59 Å². The fourth-order valence-electron chi connectivity index (χ4n) is 2.58. The Bertz CT molecular complexity index is 876. The average Bonchev–Trinajstić information content (AvgIpc) is 2.92. The van der Waals surface area contributed by atoms with Gasteiger partial charge in [-0.1, -0.05) is 30.3 Å². The minimum Gasteiger partial charge on any atom is -0.494 e. The number of anilines is 1. The van der Waals surface area contributed by atoms with Crippen molar-refractivity contribution in [3.63, 3.8) is 0 Å². The highest BCUT2D eigenvalue weighted by Crippen LogP contribution is 2.17. The van der Waals surface area contributed by atoms with Crippen LogP contribution in [-0.2, 0) is 9.59 Å². The molecule has 0 spiro atoms. The van der Waals surface area contributed by atoms with Gasteiger partial charge in [0.2, 0.25) is 5.91 Å². The van der Waals surface area contributed by atoms with Crippen LogP contribution in [0, 0.1) is 0 Å². The molecule has 0 unspecified atom stereocenters. The van der Waals surface area contributed by atoms with Crippen LogP contribution in [0.5, 0.6) is 5.75 Å². The second kappa shape index (κ2) is 8.18. The molecule has 7 nitrogen and oxygen atoms in total. The molecule has 3 rings (SSSR count). The van der Waals surface area contributed by atoms with Gasteiger partial charge in [0.05, 0.1) is 6.61 Å². The quantitative estimate of drug-likeness (QED) is 0.608. The topological polar surface area (TPSA) is 87.7 Å². The molecule has 0 radical (unpaired) electrons. The SMILES string of the molecule is CCOc1ccc(NC(=O)CN2C(=O)N/C(=C\c3ccccc3)C2=O)cc1. The Morgan fingerprint density at radius 3 is 2.48 bits per heavy atom. The van der Waals surface area contributed by atoms with Crippen LogP contribution in [0.15, 0.2) is 60.3 Å². The van der Waals surface area contributed by atoms with Crippen molar-refractivity contribution in [3.8, 4) is 5.75 Å². The third-order valence-electron chi connectivity index (χ3n) is 3.82. The minimum atomic E-state index is -0.621. The van der Waals surface area contributed by atoms with Crippen molar-refractivity contribution >= 4 is 29.6 Å². The molecular weight excluding hydrogens is 346 g/mol. The van der Waals surface area contributed by atoms with Crippen LogP contribution in [0.3, 0.4) is 0 Å². The molecule has 0 saturated carbocycles. The fourth-order valence-corrected chi connectivity index (χ4v) is 2.58. The molecule has 27 heavy (non-hydrogen) atoms. The zero-order chi connectivity index (χ0) is 19.2. The first-order valence-corrected chi connectivity index (χ1v) is 8.49. The second-order valence-electron chi connectivity index (χ2n) is 5.80. The molecule has 138 valence electrons. The van der Waals surface area contributed by atoms with E-state index in [1.807, 2.05) is 37.3 Å². The summed E-state index contributed by atoms with van der Waals surface area (Å²) in [4.78, 5) is 37.5. The van der Waals surface area contributed by atoms with Crippen molar-refractivity contribution in [2.45, 2.75) is 6.92 Å². The van der Waals surface area contributed by atoms with E-state index < -0.39 is 17.8 Å². The Labute approximate surface area is 156 Å². The summed E-state index contributed by atoms with van der Waals surface area (Å²) in [5.74, 6) is -0.311. The number of nitrogens with zero attached hydrogens (tertiary/aromatic N) is 1. The predicted molar refractivity (Wildman–Crippen MR) is 101 cm³/mol. The normalized spacial score (nSPS) is 15.0. The van der Waals surface area contributed by atoms with Crippen LogP contribution in [0.2, 0.25) is 0 Å². The average molecular weight is 365 g/mol. The van der Waals surface area contributed by atoms with Crippen molar-refractivity contribution < 1.29 is 19.1 Å². The lowest BCUT2D eigenvalue weighted by Crippen LogP contribution is -2.38. The zero-order valence-electron chi connectivity index (χ0n) is 14.8. The Hall–Kier alpha value is -3.61. The zero-order valence-corrected chi connectivity index (χ0v) is 14.8. The second-order valence-corrected chi connectivity index (χ2v) is 5.80. The molecule has 0 atom stereocenters. The van der Waals surface area contributed by atoms with Gasteiger partial charge in [0.15, 0.2) is 0 Å². The molecule has 4 amide bonds. The van der Waals surface area contributed by atoms with E-state index in [1.165, 1.54) is 0 Å². The molecule has 1 fully saturated rings. The largest absolute Gasteiger partial charge is 0.494 e. The Morgan fingerprint density at radius 1 is 1.11 bits per heavy atom. The molecule has 0 bridgehead atoms. The lowest BCUT2D eigenvalue weighted by molar-refractivity contribution is -0.127. The smallest absolute Gasteiger partial charge is 0.329 e. The maximum absolute atomic E-state index is 12.4. The maximum Gasteiger partial charge on any atom is 0.329 e. The molecular formula is C20H19N3O4. The molecule has 7 heteroatoms. The highest BCUT2D eigenvalue weighted by atomic mass is 16.5. The van der Waals surface area contributed by atoms with E-state index in [4.69, 9.17) is 4.74 Å². The molecule has 2 aromatic carbocycles. The van der Waals surface area contributed by atoms with Crippen LogP contribution < -0.4 is 15.4 Å². The molecule has 2 aromatic rings. The monoisotopic (exact) mass is 365 g/mol. The van der Waals surface area contributed by atoms with E-state index in [0.717, 1.165) is 10.5 Å². The first-order valence-electron chi connectivity index (χ1n) is 8.49. The number of benzene rings is 2. The summed E-state index contributed by atoms with van der Waals surface area (Å²) in [7, 11) is 0. The van der Waals surface area contributed by atoms with E-state index in [0.29, 0.717) is 18.0 Å². The number of hydrogen-bond acceptors (Lipinski definition) is 4. The molecule has 0 aliphatic carbocycles. The van der Waals surface area contributed by atoms with Crippen molar-refractivity contribution in [2.75, 3.05) is 18.5 Å². The van der Waals surface area contributed by atoms with E-state index in [1.54, 1.807) is 30.3 Å². The van der Waals surface area contributed by atoms with E-state index >= 15 is 0 Å².